The number of carbonyl (C=O) groups is 7. The first kappa shape index (κ1) is 80.5. The number of carbonyl (C=O) groups excluding carboxylic acids is 5. The lowest BCUT2D eigenvalue weighted by Crippen LogP contribution is -2.62. The molecule has 0 aliphatic heterocycles. The lowest BCUT2D eigenvalue weighted by atomic mass is 9.84. The van der Waals surface area contributed by atoms with Gasteiger partial charge in [-0.15, -0.1) is 0 Å². The minimum absolute atomic E-state index is 0.0121. The van der Waals surface area contributed by atoms with Crippen LogP contribution in [0.4, 0.5) is 9.59 Å². The zero-order chi connectivity index (χ0) is 63.6. The summed E-state index contributed by atoms with van der Waals surface area (Å²) in [5, 5.41) is 29.3. The Balaban J connectivity index is 7.08. The lowest BCUT2D eigenvalue weighted by Gasteiger charge is -2.44. The second-order valence-electron chi connectivity index (χ2n) is 25.5. The maximum absolute atomic E-state index is 15.9. The molecule has 0 fully saturated rings. The fourth-order valence-electron chi connectivity index (χ4n) is 10.4. The molecule has 0 saturated heterocycles. The number of ether oxygens (including phenoxy) is 2. The predicted molar refractivity (Wildman–Crippen MR) is 344 cm³/mol. The Kier molecular flexibility index (Phi) is 47.7. The van der Waals surface area contributed by atoms with Crippen LogP contribution in [0.1, 0.15) is 293 Å². The molecule has 0 heterocycles. The van der Waals surface area contributed by atoms with E-state index in [1.807, 2.05) is 0 Å². The Morgan fingerprint density at radius 1 is 0.506 bits per heavy atom. The molecular formula is C67H125N7O11. The summed E-state index contributed by atoms with van der Waals surface area (Å²) in [6.07, 6.45) is 38.6. The molecule has 0 aliphatic carbocycles. The fraction of sp³-hybridized carbons (Fsp3) is 0.836. The van der Waals surface area contributed by atoms with E-state index in [-0.39, 0.29) is 58.2 Å². The molecule has 85 heavy (non-hydrogen) atoms. The Hall–Kier alpha value is -4.55. The Morgan fingerprint density at radius 3 is 1.32 bits per heavy atom. The van der Waals surface area contributed by atoms with Gasteiger partial charge >= 0.3 is 24.1 Å². The Bertz CT molecular complexity index is 1810. The highest BCUT2D eigenvalue weighted by Crippen LogP contribution is 2.32. The molecule has 0 spiro atoms. The van der Waals surface area contributed by atoms with Gasteiger partial charge in [-0.05, 0) is 170 Å². The first-order valence-corrected chi connectivity index (χ1v) is 33.6. The number of imide groups is 1. The number of carboxylic acid groups (broad SMARTS) is 2. The summed E-state index contributed by atoms with van der Waals surface area (Å²) in [5.41, 5.74) is 8.07. The van der Waals surface area contributed by atoms with E-state index in [2.05, 4.69) is 59.0 Å². The van der Waals surface area contributed by atoms with E-state index >= 15 is 4.79 Å². The van der Waals surface area contributed by atoms with Gasteiger partial charge in [-0.3, -0.25) is 29.4 Å². The fourth-order valence-corrected chi connectivity index (χ4v) is 10.4. The molecule has 0 bridgehead atoms. The van der Waals surface area contributed by atoms with E-state index in [1.54, 1.807) is 41.5 Å². The average molecular weight is 1200 g/mol. The molecule has 18 heteroatoms. The maximum Gasteiger partial charge on any atom is 0.407 e. The third-order valence-electron chi connectivity index (χ3n) is 15.2. The second kappa shape index (κ2) is 50.4. The molecule has 0 aromatic carbocycles. The molecule has 9 N–H and O–H groups in total. The van der Waals surface area contributed by atoms with Crippen molar-refractivity contribution in [2.45, 2.75) is 322 Å². The highest BCUT2D eigenvalue weighted by molar-refractivity contribution is 5.98. The smallest absolute Gasteiger partial charge is 0.407 e. The summed E-state index contributed by atoms with van der Waals surface area (Å²) in [6.45, 7) is 15.8. The van der Waals surface area contributed by atoms with E-state index in [4.69, 9.17) is 20.9 Å². The maximum atomic E-state index is 15.9. The van der Waals surface area contributed by atoms with Crippen molar-refractivity contribution in [1.82, 2.24) is 25.8 Å². The molecule has 18 nitrogen and oxygen atoms in total. The number of carboxylic acids is 2. The van der Waals surface area contributed by atoms with Crippen LogP contribution in [0.2, 0.25) is 0 Å². The van der Waals surface area contributed by atoms with E-state index in [0.717, 1.165) is 103 Å². The van der Waals surface area contributed by atoms with Crippen LogP contribution in [0.25, 0.3) is 0 Å². The van der Waals surface area contributed by atoms with Crippen LogP contribution < -0.4 is 27.4 Å². The van der Waals surface area contributed by atoms with E-state index in [9.17, 15) is 39.0 Å². The number of allylic oxidation sites excluding steroid dienone is 4. The van der Waals surface area contributed by atoms with Gasteiger partial charge in [-0.25, -0.2) is 14.4 Å². The topological polar surface area (TPSA) is 273 Å². The zero-order valence-electron chi connectivity index (χ0n) is 55.0. The summed E-state index contributed by atoms with van der Waals surface area (Å²) in [6, 6.07) is -2.04. The number of nitrogens with zero attached hydrogens (tertiary/aromatic N) is 2. The van der Waals surface area contributed by atoms with Gasteiger partial charge in [0.25, 0.3) is 0 Å². The van der Waals surface area contributed by atoms with Crippen molar-refractivity contribution in [2.24, 2.45) is 11.5 Å². The molecule has 0 radical (unpaired) electrons. The van der Waals surface area contributed by atoms with Gasteiger partial charge in [0.05, 0.1) is 12.1 Å². The summed E-state index contributed by atoms with van der Waals surface area (Å²) in [7, 11) is 0. The molecule has 5 amide bonds. The molecule has 3 atom stereocenters. The molecule has 0 saturated carbocycles. The number of unbranched alkanes of at least 4 members (excludes halogenated alkanes) is 24. The van der Waals surface area contributed by atoms with Crippen LogP contribution in [-0.2, 0) is 33.4 Å². The van der Waals surface area contributed by atoms with E-state index in [0.29, 0.717) is 26.1 Å². The summed E-state index contributed by atoms with van der Waals surface area (Å²) in [5.74, 6) is -4.61. The quantitative estimate of drug-likeness (QED) is 0.0220. The number of nitrogens with one attached hydrogen (secondary N) is 3. The first-order chi connectivity index (χ1) is 40.5. The van der Waals surface area contributed by atoms with Crippen molar-refractivity contribution in [3.8, 4) is 0 Å². The van der Waals surface area contributed by atoms with Gasteiger partial charge in [0.2, 0.25) is 17.7 Å². The summed E-state index contributed by atoms with van der Waals surface area (Å²) >= 11 is 0. The number of hydrogen-bond donors (Lipinski definition) is 7. The van der Waals surface area contributed by atoms with Crippen LogP contribution in [0, 0.1) is 0 Å². The van der Waals surface area contributed by atoms with Crippen molar-refractivity contribution < 1.29 is 53.2 Å². The van der Waals surface area contributed by atoms with Gasteiger partial charge in [0, 0.05) is 32.5 Å². The molecule has 494 valence electrons. The molecular weight excluding hydrogens is 1080 g/mol. The molecule has 0 rings (SSSR count). The van der Waals surface area contributed by atoms with E-state index < -0.39 is 83.5 Å². The van der Waals surface area contributed by atoms with Gasteiger partial charge in [0.15, 0.2) is 0 Å². The van der Waals surface area contributed by atoms with Gasteiger partial charge in [0.1, 0.15) is 16.7 Å². The normalized spacial score (nSPS) is 13.4. The predicted octanol–water partition coefficient (Wildman–Crippen LogP) is 14.0. The third-order valence-corrected chi connectivity index (χ3v) is 15.2. The van der Waals surface area contributed by atoms with E-state index in [1.165, 1.54) is 81.9 Å². The molecule has 0 aromatic heterocycles. The first-order valence-electron chi connectivity index (χ1n) is 33.6. The average Bonchev–Trinajstić information content (AvgIpc) is 2.42. The largest absolute Gasteiger partial charge is 0.481 e. The van der Waals surface area contributed by atoms with Crippen molar-refractivity contribution >= 4 is 41.8 Å². The van der Waals surface area contributed by atoms with Crippen LogP contribution in [0.15, 0.2) is 24.3 Å². The molecule has 0 unspecified atom stereocenters. The molecule has 0 aromatic rings. The Morgan fingerprint density at radius 2 is 0.918 bits per heavy atom. The minimum atomic E-state index is -2.11. The second-order valence-corrected chi connectivity index (χ2v) is 25.5. The van der Waals surface area contributed by atoms with Gasteiger partial charge < -0.3 is 46.7 Å². The van der Waals surface area contributed by atoms with Crippen molar-refractivity contribution in [2.75, 3.05) is 39.3 Å². The van der Waals surface area contributed by atoms with Crippen LogP contribution in [-0.4, -0.2) is 130 Å². The number of nitrogens with two attached hydrogens (primary N) is 2. The van der Waals surface area contributed by atoms with Crippen molar-refractivity contribution in [3.63, 3.8) is 0 Å². The minimum Gasteiger partial charge on any atom is -0.481 e. The molecule has 0 aliphatic rings. The van der Waals surface area contributed by atoms with Crippen LogP contribution in [0.5, 0.6) is 0 Å². The highest BCUT2D eigenvalue weighted by atomic mass is 16.6. The van der Waals surface area contributed by atoms with Crippen LogP contribution >= 0.6 is 0 Å². The number of rotatable bonds is 54. The summed E-state index contributed by atoms with van der Waals surface area (Å²) < 4.78 is 10.9. The zero-order valence-corrected chi connectivity index (χ0v) is 55.0. The standard InChI is InChI=1S/C67H125N7O11/c1-9-11-13-15-17-19-21-23-25-27-29-31-33-35-37-39-53-73(54-40-38-36-34-32-30-28-26-24-22-20-18-16-14-12-10-2)57(45-46-58(75)72-60(78)56(69)44-41-50-68)61(79)74(55-43-52-71-64(83)85-66(6,7)8)67(62(80)81,49-47-59(76)77)48-42-51-70-63(82)84-65(3,4)5/h23-26,56-57H,9-22,27-55,68-69H2,1-8H3,(H,70,82)(H,71,83)(H,76,77)(H,80,81)(H,72,75,78)/b25-23-,26-24-/t56-,57-,67-/m0/s1. The SMILES string of the molecule is CCCCCCCC/C=C\CCCCCCCCN(CCCCCCCC/C=C\CCCCCCCC)[C@@H](CCC(=O)NC(=O)[C@@H](N)CCCN)C(=O)N(CCCNC(=O)OC(C)(C)C)[C@@](CCCNC(=O)OC(C)(C)C)(CCC(=O)O)C(=O)O. The number of amides is 5. The summed E-state index contributed by atoms with van der Waals surface area (Å²) in [4.78, 5) is 98.1. The van der Waals surface area contributed by atoms with Crippen LogP contribution in [0.3, 0.4) is 0 Å². The van der Waals surface area contributed by atoms with Crippen molar-refractivity contribution in [1.29, 1.82) is 0 Å². The number of hydrogen-bond acceptors (Lipinski definition) is 12. The number of alkyl carbamates (subject to hydrolysis) is 2. The van der Waals surface area contributed by atoms with Gasteiger partial charge in [-0.2, -0.15) is 0 Å². The van der Waals surface area contributed by atoms with Crippen molar-refractivity contribution in [3.05, 3.63) is 24.3 Å². The highest BCUT2D eigenvalue weighted by Gasteiger charge is 2.48. The monoisotopic (exact) mass is 1200 g/mol. The lowest BCUT2D eigenvalue weighted by molar-refractivity contribution is -0.164. The Labute approximate surface area is 515 Å². The van der Waals surface area contributed by atoms with Gasteiger partial charge in [-0.1, -0.05) is 154 Å². The third kappa shape index (κ3) is 44.5. The number of aliphatic carboxylic acids is 2.